The molecule has 4 nitrogen and oxygen atoms in total. The van der Waals surface area contributed by atoms with Crippen molar-refractivity contribution in [3.8, 4) is 0 Å². The number of aromatic nitrogens is 1. The fourth-order valence-corrected chi connectivity index (χ4v) is 2.94. The van der Waals surface area contributed by atoms with Gasteiger partial charge >= 0.3 is 0 Å². The quantitative estimate of drug-likeness (QED) is 0.911. The van der Waals surface area contributed by atoms with Crippen molar-refractivity contribution in [3.05, 3.63) is 22.8 Å². The van der Waals surface area contributed by atoms with E-state index in [0.717, 1.165) is 36.2 Å². The van der Waals surface area contributed by atoms with Gasteiger partial charge in [-0.2, -0.15) is 0 Å². The maximum Gasteiger partial charge on any atom is 0.126 e. The van der Waals surface area contributed by atoms with Gasteiger partial charge in [0.25, 0.3) is 0 Å². The van der Waals surface area contributed by atoms with Crippen molar-refractivity contribution in [3.63, 3.8) is 0 Å². The molecule has 98 valence electrons. The van der Waals surface area contributed by atoms with Gasteiger partial charge in [-0.15, -0.1) is 0 Å². The SMILES string of the molecule is CNc1ccc(Cl)c(CN2CC3CCC(C2)O3)n1. The van der Waals surface area contributed by atoms with Gasteiger partial charge in [-0.25, -0.2) is 4.98 Å². The lowest BCUT2D eigenvalue weighted by Crippen LogP contribution is -2.42. The number of rotatable bonds is 3. The van der Waals surface area contributed by atoms with Crippen LogP contribution in [-0.4, -0.2) is 42.2 Å². The maximum atomic E-state index is 6.21. The van der Waals surface area contributed by atoms with E-state index >= 15 is 0 Å². The molecule has 3 rings (SSSR count). The largest absolute Gasteiger partial charge is 0.373 e. The Labute approximate surface area is 112 Å². The molecule has 2 atom stereocenters. The highest BCUT2D eigenvalue weighted by molar-refractivity contribution is 6.31. The Kier molecular flexibility index (Phi) is 3.41. The minimum absolute atomic E-state index is 0.412. The molecule has 0 aromatic carbocycles. The standard InChI is InChI=1S/C13H18ClN3O/c1-15-13-5-4-11(14)12(16-13)8-17-6-9-2-3-10(7-17)18-9/h4-5,9-10H,2-3,6-8H2,1H3,(H,15,16). The summed E-state index contributed by atoms with van der Waals surface area (Å²) < 4.78 is 5.83. The second-order valence-corrected chi connectivity index (χ2v) is 5.43. The summed E-state index contributed by atoms with van der Waals surface area (Å²) in [6.45, 7) is 2.81. The minimum atomic E-state index is 0.412. The molecule has 5 heteroatoms. The summed E-state index contributed by atoms with van der Waals surface area (Å²) in [4.78, 5) is 6.93. The van der Waals surface area contributed by atoms with Crippen LogP contribution in [0.2, 0.25) is 5.02 Å². The second kappa shape index (κ2) is 5.03. The summed E-state index contributed by atoms with van der Waals surface area (Å²) in [7, 11) is 1.87. The summed E-state index contributed by atoms with van der Waals surface area (Å²) in [6, 6.07) is 3.81. The summed E-state index contributed by atoms with van der Waals surface area (Å²) in [6.07, 6.45) is 3.21. The molecular formula is C13H18ClN3O. The Bertz CT molecular complexity index is 428. The van der Waals surface area contributed by atoms with Crippen molar-refractivity contribution < 1.29 is 4.74 Å². The van der Waals surface area contributed by atoms with Gasteiger partial charge in [0.15, 0.2) is 0 Å². The molecule has 2 unspecified atom stereocenters. The lowest BCUT2D eigenvalue weighted by Gasteiger charge is -2.31. The van der Waals surface area contributed by atoms with E-state index in [1.165, 1.54) is 12.8 Å². The van der Waals surface area contributed by atoms with E-state index in [-0.39, 0.29) is 0 Å². The molecule has 2 aliphatic rings. The Hall–Kier alpha value is -0.840. The first-order valence-corrected chi connectivity index (χ1v) is 6.83. The molecular weight excluding hydrogens is 250 g/mol. The lowest BCUT2D eigenvalue weighted by atomic mass is 10.2. The van der Waals surface area contributed by atoms with E-state index in [0.29, 0.717) is 12.2 Å². The van der Waals surface area contributed by atoms with E-state index in [2.05, 4.69) is 15.2 Å². The van der Waals surface area contributed by atoms with Crippen LogP contribution in [0, 0.1) is 0 Å². The average molecular weight is 268 g/mol. The first kappa shape index (κ1) is 12.2. The van der Waals surface area contributed by atoms with Crippen LogP contribution in [0.3, 0.4) is 0 Å². The van der Waals surface area contributed by atoms with E-state index in [9.17, 15) is 0 Å². The molecule has 0 amide bonds. The topological polar surface area (TPSA) is 37.4 Å². The van der Waals surface area contributed by atoms with Crippen LogP contribution >= 0.6 is 11.6 Å². The van der Waals surface area contributed by atoms with Crippen LogP contribution < -0.4 is 5.32 Å². The van der Waals surface area contributed by atoms with Gasteiger partial charge in [-0.05, 0) is 25.0 Å². The van der Waals surface area contributed by atoms with Crippen LogP contribution in [0.5, 0.6) is 0 Å². The molecule has 0 radical (unpaired) electrons. The number of morpholine rings is 1. The number of likely N-dealkylation sites (tertiary alicyclic amines) is 1. The summed E-state index contributed by atoms with van der Waals surface area (Å²) in [5, 5.41) is 3.79. The monoisotopic (exact) mass is 267 g/mol. The number of hydrogen-bond donors (Lipinski definition) is 1. The van der Waals surface area contributed by atoms with Crippen molar-refractivity contribution in [2.24, 2.45) is 0 Å². The zero-order valence-corrected chi connectivity index (χ0v) is 11.3. The molecule has 1 aromatic rings. The third-order valence-electron chi connectivity index (χ3n) is 3.67. The third-order valence-corrected chi connectivity index (χ3v) is 4.01. The van der Waals surface area contributed by atoms with Gasteiger partial charge in [-0.3, -0.25) is 4.90 Å². The number of anilines is 1. The second-order valence-electron chi connectivity index (χ2n) is 5.03. The molecule has 18 heavy (non-hydrogen) atoms. The Morgan fingerprint density at radius 1 is 1.39 bits per heavy atom. The number of nitrogens with zero attached hydrogens (tertiary/aromatic N) is 2. The number of halogens is 1. The zero-order valence-electron chi connectivity index (χ0n) is 10.5. The molecule has 0 spiro atoms. The molecule has 1 N–H and O–H groups in total. The Morgan fingerprint density at radius 2 is 2.11 bits per heavy atom. The van der Waals surface area contributed by atoms with Crippen LogP contribution in [-0.2, 0) is 11.3 Å². The molecule has 0 aliphatic carbocycles. The van der Waals surface area contributed by atoms with Gasteiger partial charge in [0.1, 0.15) is 5.82 Å². The highest BCUT2D eigenvalue weighted by Crippen LogP contribution is 2.28. The number of hydrogen-bond acceptors (Lipinski definition) is 4. The molecule has 2 bridgehead atoms. The first-order chi connectivity index (χ1) is 8.74. The van der Waals surface area contributed by atoms with E-state index < -0.39 is 0 Å². The van der Waals surface area contributed by atoms with E-state index in [1.807, 2.05) is 19.2 Å². The van der Waals surface area contributed by atoms with E-state index in [1.54, 1.807) is 0 Å². The van der Waals surface area contributed by atoms with Gasteiger partial charge < -0.3 is 10.1 Å². The first-order valence-electron chi connectivity index (χ1n) is 6.45. The fraction of sp³-hybridized carbons (Fsp3) is 0.615. The maximum absolute atomic E-state index is 6.21. The van der Waals surface area contributed by atoms with Crippen molar-refractivity contribution in [1.82, 2.24) is 9.88 Å². The number of nitrogens with one attached hydrogen (secondary N) is 1. The molecule has 2 fully saturated rings. The van der Waals surface area contributed by atoms with Gasteiger partial charge in [0.05, 0.1) is 22.9 Å². The van der Waals surface area contributed by atoms with Crippen LogP contribution in [0.4, 0.5) is 5.82 Å². The predicted octanol–water partition coefficient (Wildman–Crippen LogP) is 2.14. The van der Waals surface area contributed by atoms with Crippen molar-refractivity contribution in [1.29, 1.82) is 0 Å². The lowest BCUT2D eigenvalue weighted by molar-refractivity contribution is -0.0413. The Balaban J connectivity index is 1.72. The van der Waals surface area contributed by atoms with Crippen molar-refractivity contribution >= 4 is 17.4 Å². The fourth-order valence-electron chi connectivity index (χ4n) is 2.77. The number of pyridine rings is 1. The van der Waals surface area contributed by atoms with E-state index in [4.69, 9.17) is 16.3 Å². The minimum Gasteiger partial charge on any atom is -0.373 e. The predicted molar refractivity (Wildman–Crippen MR) is 72.0 cm³/mol. The van der Waals surface area contributed by atoms with Crippen LogP contribution in [0.25, 0.3) is 0 Å². The molecule has 3 heterocycles. The summed E-state index contributed by atoms with van der Waals surface area (Å²) >= 11 is 6.21. The third kappa shape index (κ3) is 2.46. The molecule has 1 aromatic heterocycles. The van der Waals surface area contributed by atoms with Crippen molar-refractivity contribution in [2.45, 2.75) is 31.6 Å². The normalized spacial score (nSPS) is 27.4. The molecule has 0 saturated carbocycles. The van der Waals surface area contributed by atoms with Gasteiger partial charge in [0, 0.05) is 26.7 Å². The van der Waals surface area contributed by atoms with Crippen LogP contribution in [0.1, 0.15) is 18.5 Å². The number of ether oxygens (including phenoxy) is 1. The highest BCUT2D eigenvalue weighted by atomic mass is 35.5. The average Bonchev–Trinajstić information content (AvgIpc) is 2.71. The van der Waals surface area contributed by atoms with Gasteiger partial charge in [-0.1, -0.05) is 11.6 Å². The van der Waals surface area contributed by atoms with Crippen molar-refractivity contribution in [2.75, 3.05) is 25.5 Å². The smallest absolute Gasteiger partial charge is 0.126 e. The molecule has 2 saturated heterocycles. The van der Waals surface area contributed by atoms with Gasteiger partial charge in [0.2, 0.25) is 0 Å². The summed E-state index contributed by atoms with van der Waals surface area (Å²) in [5.41, 5.74) is 0.949. The highest BCUT2D eigenvalue weighted by Gasteiger charge is 2.33. The summed E-state index contributed by atoms with van der Waals surface area (Å²) in [5.74, 6) is 0.866. The molecule has 2 aliphatic heterocycles. The Morgan fingerprint density at radius 3 is 2.78 bits per heavy atom. The number of fused-ring (bicyclic) bond motifs is 2. The van der Waals surface area contributed by atoms with Crippen LogP contribution in [0.15, 0.2) is 12.1 Å². The zero-order chi connectivity index (χ0) is 12.5.